The highest BCUT2D eigenvalue weighted by Gasteiger charge is 2.22. The minimum absolute atomic E-state index is 0.0231. The maximum atomic E-state index is 12.4. The fraction of sp³-hybridized carbons (Fsp3) is 0.714. The molecular formula is C14H23N3O3. The predicted molar refractivity (Wildman–Crippen MR) is 73.9 cm³/mol. The Morgan fingerprint density at radius 1 is 1.65 bits per heavy atom. The Morgan fingerprint density at radius 2 is 2.50 bits per heavy atom. The second kappa shape index (κ2) is 7.40. The summed E-state index contributed by atoms with van der Waals surface area (Å²) in [6.07, 6.45) is 6.04. The van der Waals surface area contributed by atoms with Gasteiger partial charge in [-0.15, -0.1) is 0 Å². The van der Waals surface area contributed by atoms with Gasteiger partial charge in [-0.05, 0) is 18.8 Å². The standard InChI is InChI=1S/C14H23N3O3/c1-16-11-15-8-13(16)9-17(4-5-18)14(19)7-12-3-2-6-20-10-12/h8,11-12,18H,2-7,9-10H2,1H3. The van der Waals surface area contributed by atoms with Gasteiger partial charge >= 0.3 is 0 Å². The number of rotatable bonds is 6. The Kier molecular flexibility index (Phi) is 5.55. The van der Waals surface area contributed by atoms with Crippen molar-refractivity contribution < 1.29 is 14.6 Å². The van der Waals surface area contributed by atoms with Crippen LogP contribution in [-0.2, 0) is 23.1 Å². The van der Waals surface area contributed by atoms with Gasteiger partial charge in [0.2, 0.25) is 5.91 Å². The quantitative estimate of drug-likeness (QED) is 0.827. The van der Waals surface area contributed by atoms with Crippen molar-refractivity contribution in [2.45, 2.75) is 25.8 Å². The van der Waals surface area contributed by atoms with Crippen molar-refractivity contribution in [3.8, 4) is 0 Å². The van der Waals surface area contributed by atoms with E-state index in [1.54, 1.807) is 17.4 Å². The molecule has 1 atom stereocenters. The summed E-state index contributed by atoms with van der Waals surface area (Å²) in [5.74, 6) is 0.389. The number of ether oxygens (including phenoxy) is 1. The number of aliphatic hydroxyl groups excluding tert-OH is 1. The topological polar surface area (TPSA) is 67.6 Å². The summed E-state index contributed by atoms with van der Waals surface area (Å²) in [6, 6.07) is 0. The number of aliphatic hydroxyl groups is 1. The zero-order chi connectivity index (χ0) is 14.4. The predicted octanol–water partition coefficient (Wildman–Crippen LogP) is 0.558. The minimum atomic E-state index is -0.0231. The highest BCUT2D eigenvalue weighted by Crippen LogP contribution is 2.18. The van der Waals surface area contributed by atoms with E-state index in [1.807, 2.05) is 11.6 Å². The molecule has 20 heavy (non-hydrogen) atoms. The van der Waals surface area contributed by atoms with E-state index >= 15 is 0 Å². The molecule has 0 spiro atoms. The van der Waals surface area contributed by atoms with Gasteiger partial charge in [0.05, 0.1) is 25.2 Å². The van der Waals surface area contributed by atoms with E-state index in [0.29, 0.717) is 32.0 Å². The summed E-state index contributed by atoms with van der Waals surface area (Å²) < 4.78 is 7.30. The molecule has 1 aliphatic rings. The fourth-order valence-corrected chi connectivity index (χ4v) is 2.49. The molecule has 112 valence electrons. The molecule has 0 aromatic carbocycles. The summed E-state index contributed by atoms with van der Waals surface area (Å²) in [5, 5.41) is 9.15. The SMILES string of the molecule is Cn1cncc1CN(CCO)C(=O)CC1CCCOC1. The fourth-order valence-electron chi connectivity index (χ4n) is 2.49. The van der Waals surface area contributed by atoms with Crippen molar-refractivity contribution in [2.75, 3.05) is 26.4 Å². The largest absolute Gasteiger partial charge is 0.395 e. The van der Waals surface area contributed by atoms with Gasteiger partial charge in [0.25, 0.3) is 0 Å². The molecule has 1 fully saturated rings. The molecule has 0 bridgehead atoms. The highest BCUT2D eigenvalue weighted by molar-refractivity contribution is 5.76. The van der Waals surface area contributed by atoms with Crippen LogP contribution in [0, 0.1) is 5.92 Å². The van der Waals surface area contributed by atoms with Crippen molar-refractivity contribution in [3.05, 3.63) is 18.2 Å². The first-order valence-electron chi connectivity index (χ1n) is 7.12. The molecular weight excluding hydrogens is 258 g/mol. The maximum absolute atomic E-state index is 12.4. The Bertz CT molecular complexity index is 427. The van der Waals surface area contributed by atoms with Crippen molar-refractivity contribution >= 4 is 5.91 Å². The second-order valence-electron chi connectivity index (χ2n) is 5.32. The Labute approximate surface area is 119 Å². The van der Waals surface area contributed by atoms with Crippen LogP contribution in [-0.4, -0.2) is 51.8 Å². The van der Waals surface area contributed by atoms with Gasteiger partial charge in [-0.25, -0.2) is 4.98 Å². The van der Waals surface area contributed by atoms with Crippen LogP contribution in [0.15, 0.2) is 12.5 Å². The molecule has 1 aromatic heterocycles. The molecule has 2 heterocycles. The summed E-state index contributed by atoms with van der Waals surface area (Å²) in [7, 11) is 1.90. The van der Waals surface area contributed by atoms with Gasteiger partial charge in [0, 0.05) is 39.4 Å². The van der Waals surface area contributed by atoms with Gasteiger partial charge in [-0.3, -0.25) is 4.79 Å². The highest BCUT2D eigenvalue weighted by atomic mass is 16.5. The van der Waals surface area contributed by atoms with Crippen LogP contribution in [0.25, 0.3) is 0 Å². The Hall–Kier alpha value is -1.40. The van der Waals surface area contributed by atoms with E-state index in [-0.39, 0.29) is 12.5 Å². The van der Waals surface area contributed by atoms with Crippen molar-refractivity contribution in [3.63, 3.8) is 0 Å². The van der Waals surface area contributed by atoms with Crippen LogP contribution in [0.3, 0.4) is 0 Å². The molecule has 0 radical (unpaired) electrons. The molecule has 1 amide bonds. The van der Waals surface area contributed by atoms with Crippen LogP contribution >= 0.6 is 0 Å². The van der Waals surface area contributed by atoms with Gasteiger partial charge < -0.3 is 19.3 Å². The number of nitrogens with zero attached hydrogens (tertiary/aromatic N) is 3. The van der Waals surface area contributed by atoms with Gasteiger partial charge in [-0.2, -0.15) is 0 Å². The third-order valence-electron chi connectivity index (χ3n) is 3.71. The summed E-state index contributed by atoms with van der Waals surface area (Å²) in [5.41, 5.74) is 0.965. The number of imidazole rings is 1. The number of hydrogen-bond acceptors (Lipinski definition) is 4. The third-order valence-corrected chi connectivity index (χ3v) is 3.71. The summed E-state index contributed by atoms with van der Waals surface area (Å²) in [4.78, 5) is 18.1. The third kappa shape index (κ3) is 4.05. The van der Waals surface area contributed by atoms with Gasteiger partial charge in [-0.1, -0.05) is 0 Å². The number of hydrogen-bond donors (Lipinski definition) is 1. The van der Waals surface area contributed by atoms with E-state index in [1.165, 1.54) is 0 Å². The van der Waals surface area contributed by atoms with Crippen LogP contribution in [0.4, 0.5) is 0 Å². The molecule has 6 nitrogen and oxygen atoms in total. The lowest BCUT2D eigenvalue weighted by Gasteiger charge is -2.26. The van der Waals surface area contributed by atoms with Gasteiger partial charge in [0.15, 0.2) is 0 Å². The summed E-state index contributed by atoms with van der Waals surface area (Å²) >= 11 is 0. The van der Waals surface area contributed by atoms with Crippen molar-refractivity contribution in [1.29, 1.82) is 0 Å². The van der Waals surface area contributed by atoms with Gasteiger partial charge in [0.1, 0.15) is 0 Å². The molecule has 1 aliphatic heterocycles. The first-order chi connectivity index (χ1) is 9.70. The lowest BCUT2D eigenvalue weighted by molar-refractivity contribution is -0.134. The molecule has 2 rings (SSSR count). The molecule has 6 heteroatoms. The van der Waals surface area contributed by atoms with Crippen LogP contribution in [0.5, 0.6) is 0 Å². The summed E-state index contributed by atoms with van der Waals surface area (Å²) in [6.45, 7) is 2.30. The number of aromatic nitrogens is 2. The van der Waals surface area contributed by atoms with E-state index < -0.39 is 0 Å². The molecule has 1 unspecified atom stereocenters. The number of aryl methyl sites for hydroxylation is 1. The second-order valence-corrected chi connectivity index (χ2v) is 5.32. The lowest BCUT2D eigenvalue weighted by Crippen LogP contribution is -2.36. The van der Waals surface area contributed by atoms with Crippen LogP contribution < -0.4 is 0 Å². The molecule has 0 saturated carbocycles. The lowest BCUT2D eigenvalue weighted by atomic mass is 9.98. The number of carbonyl (C=O) groups is 1. The molecule has 1 aromatic rings. The zero-order valence-electron chi connectivity index (χ0n) is 12.0. The Morgan fingerprint density at radius 3 is 3.10 bits per heavy atom. The normalized spacial score (nSPS) is 19.0. The molecule has 1 saturated heterocycles. The molecule has 0 aliphatic carbocycles. The van der Waals surface area contributed by atoms with Crippen LogP contribution in [0.2, 0.25) is 0 Å². The maximum Gasteiger partial charge on any atom is 0.223 e. The average molecular weight is 281 g/mol. The van der Waals surface area contributed by atoms with E-state index in [4.69, 9.17) is 9.84 Å². The van der Waals surface area contributed by atoms with E-state index in [2.05, 4.69) is 4.98 Å². The zero-order valence-corrected chi connectivity index (χ0v) is 12.0. The smallest absolute Gasteiger partial charge is 0.223 e. The average Bonchev–Trinajstić information content (AvgIpc) is 2.85. The first-order valence-corrected chi connectivity index (χ1v) is 7.12. The van der Waals surface area contributed by atoms with E-state index in [9.17, 15) is 4.79 Å². The van der Waals surface area contributed by atoms with E-state index in [0.717, 1.165) is 25.1 Å². The first kappa shape index (κ1) is 15.0. The minimum Gasteiger partial charge on any atom is -0.395 e. The number of amides is 1. The number of carbonyl (C=O) groups excluding carboxylic acids is 1. The monoisotopic (exact) mass is 281 g/mol. The van der Waals surface area contributed by atoms with Crippen LogP contribution in [0.1, 0.15) is 25.0 Å². The van der Waals surface area contributed by atoms with Crippen molar-refractivity contribution in [2.24, 2.45) is 13.0 Å². The van der Waals surface area contributed by atoms with Crippen molar-refractivity contribution in [1.82, 2.24) is 14.5 Å². The Balaban J connectivity index is 1.92. The molecule has 1 N–H and O–H groups in total.